The van der Waals surface area contributed by atoms with Gasteiger partial charge >= 0.3 is 6.03 Å². The lowest BCUT2D eigenvalue weighted by atomic mass is 10.1. The number of benzene rings is 1. The molecule has 1 aliphatic heterocycles. The van der Waals surface area contributed by atoms with Crippen LogP contribution >= 0.6 is 11.3 Å². The number of pyridine rings is 1. The zero-order valence-corrected chi connectivity index (χ0v) is 18.6. The maximum atomic E-state index is 14.7. The summed E-state index contributed by atoms with van der Waals surface area (Å²) in [4.78, 5) is 24.2. The number of carbonyl (C=O) groups excluding carboxylic acids is 1. The Balaban J connectivity index is 1.42. The van der Waals surface area contributed by atoms with Crippen LogP contribution in [0.2, 0.25) is 0 Å². The summed E-state index contributed by atoms with van der Waals surface area (Å²) in [6.07, 6.45) is -0.985. The maximum Gasteiger partial charge on any atom is 0.323 e. The van der Waals surface area contributed by atoms with Gasteiger partial charge < -0.3 is 20.0 Å². The molecule has 3 heterocycles. The number of piperazine rings is 1. The Morgan fingerprint density at radius 3 is 2.58 bits per heavy atom. The number of hydrogen-bond acceptors (Lipinski definition) is 7. The molecule has 1 aliphatic rings. The van der Waals surface area contributed by atoms with E-state index in [2.05, 4.69) is 15.3 Å². The van der Waals surface area contributed by atoms with Gasteiger partial charge in [-0.1, -0.05) is 11.3 Å². The summed E-state index contributed by atoms with van der Waals surface area (Å²) in [6.45, 7) is 4.09. The van der Waals surface area contributed by atoms with Gasteiger partial charge in [-0.25, -0.2) is 27.9 Å². The second-order valence-corrected chi connectivity index (χ2v) is 8.96. The number of rotatable bonds is 4. The molecule has 3 N–H and O–H groups in total. The minimum absolute atomic E-state index is 0.0966. The van der Waals surface area contributed by atoms with E-state index in [4.69, 9.17) is 0 Å². The fourth-order valence-corrected chi connectivity index (χ4v) is 4.56. The molecule has 1 aromatic carbocycles. The van der Waals surface area contributed by atoms with E-state index in [-0.39, 0.29) is 41.2 Å². The summed E-state index contributed by atoms with van der Waals surface area (Å²) in [5, 5.41) is 22.3. The van der Waals surface area contributed by atoms with Gasteiger partial charge in [0.2, 0.25) is 0 Å². The summed E-state index contributed by atoms with van der Waals surface area (Å²) in [5.74, 6) is -2.53. The Labute approximate surface area is 191 Å². The first-order valence-electron chi connectivity index (χ1n) is 10.2. The topological polar surface area (TPSA) is 102 Å². The monoisotopic (exact) mass is 481 g/mol. The molecule has 0 saturated carbocycles. The summed E-state index contributed by atoms with van der Waals surface area (Å²) >= 11 is 1.03. The normalized spacial score (nSPS) is 18.5. The molecule has 3 aromatic rings. The van der Waals surface area contributed by atoms with Crippen molar-refractivity contribution in [3.63, 3.8) is 0 Å². The highest BCUT2D eigenvalue weighted by Crippen LogP contribution is 2.29. The Kier molecular flexibility index (Phi) is 6.41. The quantitative estimate of drug-likeness (QED) is 0.529. The highest BCUT2D eigenvalue weighted by atomic mass is 32.1. The number of urea groups is 1. The molecule has 0 spiro atoms. The lowest BCUT2D eigenvalue weighted by Gasteiger charge is -2.40. The van der Waals surface area contributed by atoms with Crippen molar-refractivity contribution in [2.24, 2.45) is 0 Å². The molecule has 0 bridgehead atoms. The number of nitrogens with zero attached hydrogens (tertiary/aromatic N) is 4. The second-order valence-electron chi connectivity index (χ2n) is 7.93. The van der Waals surface area contributed by atoms with E-state index >= 15 is 0 Å². The average Bonchev–Trinajstić information content (AvgIpc) is 3.14. The van der Waals surface area contributed by atoms with Crippen LogP contribution in [0.15, 0.2) is 24.4 Å². The van der Waals surface area contributed by atoms with Crippen LogP contribution in [0.3, 0.4) is 0 Å². The number of anilines is 2. The number of hydrogen-bond donors (Lipinski definition) is 3. The van der Waals surface area contributed by atoms with Gasteiger partial charge in [0, 0.05) is 43.5 Å². The lowest BCUT2D eigenvalue weighted by Crippen LogP contribution is -2.55. The molecule has 2 amide bonds. The number of thiazole rings is 1. The molecule has 3 atom stereocenters. The minimum atomic E-state index is -1.24. The van der Waals surface area contributed by atoms with Crippen molar-refractivity contribution in [2.75, 3.05) is 29.9 Å². The highest BCUT2D eigenvalue weighted by Gasteiger charge is 2.30. The average molecular weight is 482 g/mol. The van der Waals surface area contributed by atoms with Gasteiger partial charge in [0.05, 0.1) is 16.3 Å². The third-order valence-corrected chi connectivity index (χ3v) is 6.41. The molecule has 33 heavy (non-hydrogen) atoms. The van der Waals surface area contributed by atoms with Crippen LogP contribution in [0.5, 0.6) is 0 Å². The molecule has 0 radical (unpaired) electrons. The zero-order valence-electron chi connectivity index (χ0n) is 17.8. The van der Waals surface area contributed by atoms with Crippen molar-refractivity contribution >= 4 is 38.5 Å². The maximum absolute atomic E-state index is 14.7. The Bertz CT molecular complexity index is 1150. The van der Waals surface area contributed by atoms with Gasteiger partial charge in [-0.15, -0.1) is 0 Å². The molecule has 1 saturated heterocycles. The summed E-state index contributed by atoms with van der Waals surface area (Å²) < 4.78 is 41.9. The van der Waals surface area contributed by atoms with E-state index in [9.17, 15) is 28.2 Å². The Morgan fingerprint density at radius 1 is 1.18 bits per heavy atom. The molecule has 176 valence electrons. The molecular weight excluding hydrogens is 459 g/mol. The number of carbonyl (C=O) groups is 1. The number of aliphatic hydroxyl groups is 2. The van der Waals surface area contributed by atoms with Crippen molar-refractivity contribution in [3.05, 3.63) is 47.4 Å². The van der Waals surface area contributed by atoms with Crippen molar-refractivity contribution in [2.45, 2.75) is 32.1 Å². The molecular formula is C21H22F3N5O3S. The number of halogens is 3. The first-order valence-corrected chi connectivity index (χ1v) is 11.1. The highest BCUT2D eigenvalue weighted by molar-refractivity contribution is 7.22. The second kappa shape index (κ2) is 9.12. The number of nitrogens with one attached hydrogen (secondary N) is 1. The predicted octanol–water partition coefficient (Wildman–Crippen LogP) is 3.27. The number of aromatic nitrogens is 2. The number of amides is 2. The van der Waals surface area contributed by atoms with Crippen LogP contribution in [-0.4, -0.2) is 62.9 Å². The number of aliphatic hydroxyl groups excluding tert-OH is 2. The molecule has 1 fully saturated rings. The van der Waals surface area contributed by atoms with Gasteiger partial charge in [-0.05, 0) is 26.0 Å². The molecule has 12 heteroatoms. The lowest BCUT2D eigenvalue weighted by molar-refractivity contribution is 0.0301. The first-order chi connectivity index (χ1) is 15.6. The van der Waals surface area contributed by atoms with Gasteiger partial charge in [0.15, 0.2) is 28.4 Å². The number of fused-ring (bicyclic) bond motifs is 1. The van der Waals surface area contributed by atoms with Gasteiger partial charge in [-0.2, -0.15) is 0 Å². The molecule has 0 unspecified atom stereocenters. The third-order valence-electron chi connectivity index (χ3n) is 5.47. The van der Waals surface area contributed by atoms with Crippen LogP contribution in [0.25, 0.3) is 10.2 Å². The Morgan fingerprint density at radius 2 is 1.91 bits per heavy atom. The van der Waals surface area contributed by atoms with E-state index in [1.807, 2.05) is 6.92 Å². The van der Waals surface area contributed by atoms with Crippen LogP contribution in [0.1, 0.15) is 25.5 Å². The van der Waals surface area contributed by atoms with E-state index in [0.29, 0.717) is 11.2 Å². The smallest absolute Gasteiger partial charge is 0.323 e. The van der Waals surface area contributed by atoms with E-state index < -0.39 is 35.7 Å². The molecule has 0 aliphatic carbocycles. The van der Waals surface area contributed by atoms with Crippen molar-refractivity contribution in [3.8, 4) is 0 Å². The van der Waals surface area contributed by atoms with Crippen LogP contribution in [-0.2, 0) is 0 Å². The SMILES string of the molecule is C[C@H](O)[C@@H](O)c1cnc(N2CCN(C(=O)Nc3nc4cc(F)c(F)cc4s3)C[C@H]2C)c(F)c1. The van der Waals surface area contributed by atoms with Crippen molar-refractivity contribution in [1.82, 2.24) is 14.9 Å². The molecule has 2 aromatic heterocycles. The van der Waals surface area contributed by atoms with Gasteiger partial charge in [0.1, 0.15) is 6.10 Å². The van der Waals surface area contributed by atoms with Crippen LogP contribution in [0, 0.1) is 17.5 Å². The van der Waals surface area contributed by atoms with Crippen LogP contribution in [0.4, 0.5) is 28.9 Å². The summed E-state index contributed by atoms with van der Waals surface area (Å²) in [5.41, 5.74) is 0.422. The van der Waals surface area contributed by atoms with E-state index in [0.717, 1.165) is 29.5 Å². The summed E-state index contributed by atoms with van der Waals surface area (Å²) in [6, 6.07) is 2.46. The fraction of sp³-hybridized carbons (Fsp3) is 0.381. The summed E-state index contributed by atoms with van der Waals surface area (Å²) in [7, 11) is 0. The van der Waals surface area contributed by atoms with Crippen LogP contribution < -0.4 is 10.2 Å². The standard InChI is InChI=1S/C21H22F3N5O3S/c1-10-9-28(21(32)27-20-26-16-6-13(22)14(23)7-17(16)33-20)3-4-29(10)19-15(24)5-12(8-25-19)18(31)11(2)30/h5-8,10-11,18,30-31H,3-4,9H2,1-2H3,(H,26,27,32)/t10-,11+,18-/m1/s1. The fourth-order valence-electron chi connectivity index (χ4n) is 3.70. The minimum Gasteiger partial charge on any atom is -0.390 e. The van der Waals surface area contributed by atoms with Gasteiger partial charge in [-0.3, -0.25) is 5.32 Å². The van der Waals surface area contributed by atoms with E-state index in [1.54, 1.807) is 4.90 Å². The van der Waals surface area contributed by atoms with E-state index in [1.165, 1.54) is 18.0 Å². The third kappa shape index (κ3) is 4.72. The first kappa shape index (κ1) is 23.2. The predicted molar refractivity (Wildman–Crippen MR) is 118 cm³/mol. The van der Waals surface area contributed by atoms with Crippen molar-refractivity contribution < 1.29 is 28.2 Å². The van der Waals surface area contributed by atoms with Gasteiger partial charge in [0.25, 0.3) is 0 Å². The zero-order chi connectivity index (χ0) is 23.9. The Hall–Kier alpha value is -2.96. The van der Waals surface area contributed by atoms with Crippen molar-refractivity contribution in [1.29, 1.82) is 0 Å². The molecule has 8 nitrogen and oxygen atoms in total. The molecule has 4 rings (SSSR count). The largest absolute Gasteiger partial charge is 0.390 e.